The zero-order valence-electron chi connectivity index (χ0n) is 7.89. The Kier molecular flexibility index (Phi) is 5.08. The molecule has 0 saturated heterocycles. The fourth-order valence-corrected chi connectivity index (χ4v) is 0.647. The summed E-state index contributed by atoms with van der Waals surface area (Å²) < 4.78 is 0. The van der Waals surface area contributed by atoms with Crippen molar-refractivity contribution in [3.05, 3.63) is 0 Å². The monoisotopic (exact) mass is 172 g/mol. The topological polar surface area (TPSA) is 49.4 Å². The number of amides is 2. The van der Waals surface area contributed by atoms with Crippen LogP contribution in [0.3, 0.4) is 0 Å². The van der Waals surface area contributed by atoms with Gasteiger partial charge in [0, 0.05) is 20.5 Å². The minimum atomic E-state index is -0.102. The van der Waals surface area contributed by atoms with Gasteiger partial charge in [-0.25, -0.2) is 0 Å². The first kappa shape index (κ1) is 10.9. The normalized spacial score (nSPS) is 9.25. The molecule has 1 N–H and O–H groups in total. The average molecular weight is 172 g/mol. The minimum Gasteiger partial charge on any atom is -0.355 e. The molecule has 70 valence electrons. The van der Waals surface area contributed by atoms with Gasteiger partial charge in [-0.1, -0.05) is 6.92 Å². The number of likely N-dealkylation sites (N-methyl/N-ethyl adjacent to an activating group) is 1. The van der Waals surface area contributed by atoms with E-state index in [4.69, 9.17) is 0 Å². The zero-order valence-corrected chi connectivity index (χ0v) is 7.89. The van der Waals surface area contributed by atoms with Crippen LogP contribution in [0.15, 0.2) is 0 Å². The second-order valence-electron chi connectivity index (χ2n) is 2.73. The lowest BCUT2D eigenvalue weighted by molar-refractivity contribution is -0.133. The Morgan fingerprint density at radius 1 is 1.42 bits per heavy atom. The first-order valence-electron chi connectivity index (χ1n) is 4.06. The Labute approximate surface area is 72.9 Å². The van der Waals surface area contributed by atoms with Gasteiger partial charge in [0.15, 0.2) is 0 Å². The number of carbonyl (C=O) groups is 2. The number of hydrogen-bond donors (Lipinski definition) is 1. The van der Waals surface area contributed by atoms with Crippen molar-refractivity contribution in [3.63, 3.8) is 0 Å². The summed E-state index contributed by atoms with van der Waals surface area (Å²) in [5.41, 5.74) is 0. The standard InChI is InChI=1S/C8H16N2O2/c1-4-5-9-8(12)6-10(3)7(2)11/h4-6H2,1-3H3,(H,9,12). The van der Waals surface area contributed by atoms with Crippen molar-refractivity contribution in [2.24, 2.45) is 0 Å². The van der Waals surface area contributed by atoms with Crippen molar-refractivity contribution >= 4 is 11.8 Å². The van der Waals surface area contributed by atoms with Gasteiger partial charge in [-0.2, -0.15) is 0 Å². The number of rotatable bonds is 4. The van der Waals surface area contributed by atoms with Gasteiger partial charge in [0.25, 0.3) is 0 Å². The van der Waals surface area contributed by atoms with Crippen LogP contribution in [0.2, 0.25) is 0 Å². The zero-order chi connectivity index (χ0) is 9.56. The molecule has 0 aliphatic heterocycles. The molecule has 12 heavy (non-hydrogen) atoms. The lowest BCUT2D eigenvalue weighted by Crippen LogP contribution is -2.37. The van der Waals surface area contributed by atoms with E-state index in [1.807, 2.05) is 6.92 Å². The lowest BCUT2D eigenvalue weighted by Gasteiger charge is -2.13. The van der Waals surface area contributed by atoms with E-state index < -0.39 is 0 Å². The van der Waals surface area contributed by atoms with Crippen LogP contribution in [-0.4, -0.2) is 36.9 Å². The molecule has 0 atom stereocenters. The van der Waals surface area contributed by atoms with Gasteiger partial charge in [-0.3, -0.25) is 9.59 Å². The maximum absolute atomic E-state index is 11.0. The molecule has 0 saturated carbocycles. The van der Waals surface area contributed by atoms with Crippen molar-refractivity contribution in [1.29, 1.82) is 0 Å². The third-order valence-corrected chi connectivity index (χ3v) is 1.49. The highest BCUT2D eigenvalue weighted by Crippen LogP contribution is 1.82. The van der Waals surface area contributed by atoms with Gasteiger partial charge >= 0.3 is 0 Å². The highest BCUT2D eigenvalue weighted by atomic mass is 16.2. The lowest BCUT2D eigenvalue weighted by atomic mass is 10.4. The number of hydrogen-bond acceptors (Lipinski definition) is 2. The van der Waals surface area contributed by atoms with Gasteiger partial charge in [0.2, 0.25) is 11.8 Å². The maximum atomic E-state index is 11.0. The van der Waals surface area contributed by atoms with Crippen molar-refractivity contribution in [3.8, 4) is 0 Å². The summed E-state index contributed by atoms with van der Waals surface area (Å²) in [5, 5.41) is 2.69. The van der Waals surface area contributed by atoms with Gasteiger partial charge in [0.05, 0.1) is 6.54 Å². The van der Waals surface area contributed by atoms with E-state index in [-0.39, 0.29) is 18.4 Å². The third-order valence-electron chi connectivity index (χ3n) is 1.49. The molecule has 2 amide bonds. The van der Waals surface area contributed by atoms with E-state index in [0.29, 0.717) is 6.54 Å². The van der Waals surface area contributed by atoms with Crippen LogP contribution in [0.1, 0.15) is 20.3 Å². The van der Waals surface area contributed by atoms with E-state index in [9.17, 15) is 9.59 Å². The first-order chi connectivity index (χ1) is 5.57. The molecule has 0 aromatic heterocycles. The highest BCUT2D eigenvalue weighted by Gasteiger charge is 2.06. The number of nitrogens with one attached hydrogen (secondary N) is 1. The van der Waals surface area contributed by atoms with Gasteiger partial charge in [0.1, 0.15) is 0 Å². The Bertz CT molecular complexity index is 168. The molecule has 0 aromatic rings. The van der Waals surface area contributed by atoms with Crippen LogP contribution in [0.25, 0.3) is 0 Å². The molecule has 0 aliphatic rings. The average Bonchev–Trinajstić information content (AvgIpc) is 2.00. The molecule has 0 bridgehead atoms. The Morgan fingerprint density at radius 2 is 2.00 bits per heavy atom. The Balaban J connectivity index is 3.61. The van der Waals surface area contributed by atoms with E-state index in [2.05, 4.69) is 5.32 Å². The van der Waals surface area contributed by atoms with E-state index in [0.717, 1.165) is 6.42 Å². The Morgan fingerprint density at radius 3 is 2.42 bits per heavy atom. The summed E-state index contributed by atoms with van der Waals surface area (Å²) in [6, 6.07) is 0. The molecule has 0 heterocycles. The second-order valence-corrected chi connectivity index (χ2v) is 2.73. The molecule has 4 heteroatoms. The molecule has 0 radical (unpaired) electrons. The van der Waals surface area contributed by atoms with Gasteiger partial charge in [-0.15, -0.1) is 0 Å². The quantitative estimate of drug-likeness (QED) is 0.648. The molecule has 4 nitrogen and oxygen atoms in total. The van der Waals surface area contributed by atoms with Crippen molar-refractivity contribution in [1.82, 2.24) is 10.2 Å². The van der Waals surface area contributed by atoms with Crippen LogP contribution in [0.4, 0.5) is 0 Å². The molecule has 0 aromatic carbocycles. The fraction of sp³-hybridized carbons (Fsp3) is 0.750. The third kappa shape index (κ3) is 4.71. The molecular formula is C8H16N2O2. The van der Waals surface area contributed by atoms with Gasteiger partial charge in [-0.05, 0) is 6.42 Å². The fourth-order valence-electron chi connectivity index (χ4n) is 0.647. The van der Waals surface area contributed by atoms with E-state index in [1.54, 1.807) is 7.05 Å². The summed E-state index contributed by atoms with van der Waals surface area (Å²) >= 11 is 0. The summed E-state index contributed by atoms with van der Waals surface area (Å²) in [4.78, 5) is 23.1. The predicted molar refractivity (Wildman–Crippen MR) is 46.6 cm³/mol. The Hall–Kier alpha value is -1.06. The summed E-state index contributed by atoms with van der Waals surface area (Å²) in [6.45, 7) is 4.24. The van der Waals surface area contributed by atoms with Crippen molar-refractivity contribution in [2.45, 2.75) is 20.3 Å². The second kappa shape index (κ2) is 5.57. The van der Waals surface area contributed by atoms with E-state index in [1.165, 1.54) is 11.8 Å². The smallest absolute Gasteiger partial charge is 0.239 e. The van der Waals surface area contributed by atoms with E-state index >= 15 is 0 Å². The largest absolute Gasteiger partial charge is 0.355 e. The van der Waals surface area contributed by atoms with Crippen LogP contribution in [0, 0.1) is 0 Å². The van der Waals surface area contributed by atoms with Crippen LogP contribution in [0.5, 0.6) is 0 Å². The SMILES string of the molecule is CCCNC(=O)CN(C)C(C)=O. The predicted octanol–water partition coefficient (Wildman–Crippen LogP) is -0.00910. The summed E-state index contributed by atoms with van der Waals surface area (Å²) in [7, 11) is 1.61. The molecule has 0 fully saturated rings. The van der Waals surface area contributed by atoms with Crippen LogP contribution >= 0.6 is 0 Å². The molecule has 0 spiro atoms. The molecule has 0 aliphatic carbocycles. The summed E-state index contributed by atoms with van der Waals surface area (Å²) in [5.74, 6) is -0.198. The van der Waals surface area contributed by atoms with Crippen LogP contribution < -0.4 is 5.32 Å². The minimum absolute atomic E-state index is 0.0957. The van der Waals surface area contributed by atoms with Crippen molar-refractivity contribution < 1.29 is 9.59 Å². The highest BCUT2D eigenvalue weighted by molar-refractivity contribution is 5.83. The molecular weight excluding hydrogens is 156 g/mol. The first-order valence-corrected chi connectivity index (χ1v) is 4.06. The van der Waals surface area contributed by atoms with Crippen LogP contribution in [-0.2, 0) is 9.59 Å². The maximum Gasteiger partial charge on any atom is 0.239 e. The van der Waals surface area contributed by atoms with Gasteiger partial charge < -0.3 is 10.2 Å². The van der Waals surface area contributed by atoms with Crippen molar-refractivity contribution in [2.75, 3.05) is 20.1 Å². The molecule has 0 rings (SSSR count). The number of carbonyl (C=O) groups excluding carboxylic acids is 2. The summed E-state index contributed by atoms with van der Waals surface area (Å²) in [6.07, 6.45) is 0.912. The molecule has 0 unspecified atom stereocenters. The number of nitrogens with zero attached hydrogens (tertiary/aromatic N) is 1.